The van der Waals surface area contributed by atoms with E-state index in [0.717, 1.165) is 49.7 Å². The smallest absolute Gasteiger partial charge is 0.129 e. The Morgan fingerprint density at radius 2 is 1.95 bits per heavy atom. The number of nitrogens with zero attached hydrogens (tertiary/aromatic N) is 5. The van der Waals surface area contributed by atoms with Crippen molar-refractivity contribution in [1.82, 2.24) is 24.8 Å². The molecule has 1 saturated heterocycles. The summed E-state index contributed by atoms with van der Waals surface area (Å²) in [5.41, 5.74) is 2.11. The van der Waals surface area contributed by atoms with Crippen LogP contribution in [0.15, 0.2) is 31.0 Å². The van der Waals surface area contributed by atoms with E-state index in [0.29, 0.717) is 6.04 Å². The van der Waals surface area contributed by atoms with Crippen LogP contribution in [0.25, 0.3) is 0 Å². The minimum absolute atomic E-state index is 0.485. The van der Waals surface area contributed by atoms with Gasteiger partial charge in [0, 0.05) is 44.3 Å². The summed E-state index contributed by atoms with van der Waals surface area (Å²) in [5, 5.41) is 3.47. The highest BCUT2D eigenvalue weighted by atomic mass is 15.2. The van der Waals surface area contributed by atoms with Crippen molar-refractivity contribution in [2.45, 2.75) is 32.4 Å². The molecule has 2 aromatic rings. The largest absolute Gasteiger partial charge is 0.367 e. The van der Waals surface area contributed by atoms with Gasteiger partial charge in [0.25, 0.3) is 0 Å². The normalized spacial score (nSPS) is 16.8. The number of aromatic nitrogens is 4. The topological polar surface area (TPSA) is 66.8 Å². The first-order valence-electron chi connectivity index (χ1n) is 7.32. The summed E-state index contributed by atoms with van der Waals surface area (Å²) in [4.78, 5) is 19.3. The maximum atomic E-state index is 4.42. The third-order valence-corrected chi connectivity index (χ3v) is 3.88. The van der Waals surface area contributed by atoms with Gasteiger partial charge in [0.15, 0.2) is 0 Å². The van der Waals surface area contributed by atoms with E-state index < -0.39 is 0 Å². The number of rotatable bonds is 4. The Balaban J connectivity index is 1.50. The van der Waals surface area contributed by atoms with Crippen LogP contribution in [0.3, 0.4) is 0 Å². The lowest BCUT2D eigenvalue weighted by molar-refractivity contribution is 0.208. The molecule has 6 heteroatoms. The number of likely N-dealkylation sites (tertiary alicyclic amines) is 1. The standard InChI is InChI=1S/C15H20N6/c1-12-14(18-7-6-17-12)10-21-8-3-13(4-9-21)20-15-2-5-16-11-19-15/h2,5-7,11,13H,3-4,8-10H2,1H3,(H,16,19,20). The summed E-state index contributed by atoms with van der Waals surface area (Å²) in [6.45, 7) is 5.04. The van der Waals surface area contributed by atoms with Crippen molar-refractivity contribution in [3.05, 3.63) is 42.4 Å². The second-order valence-corrected chi connectivity index (χ2v) is 5.38. The van der Waals surface area contributed by atoms with E-state index in [4.69, 9.17) is 0 Å². The molecular formula is C15H20N6. The van der Waals surface area contributed by atoms with Crippen molar-refractivity contribution in [2.75, 3.05) is 18.4 Å². The maximum absolute atomic E-state index is 4.42. The Morgan fingerprint density at radius 1 is 1.14 bits per heavy atom. The van der Waals surface area contributed by atoms with Crippen molar-refractivity contribution < 1.29 is 0 Å². The predicted octanol–water partition coefficient (Wildman–Crippen LogP) is 1.65. The summed E-state index contributed by atoms with van der Waals surface area (Å²) < 4.78 is 0. The molecule has 2 aromatic heterocycles. The van der Waals surface area contributed by atoms with Crippen molar-refractivity contribution in [3.8, 4) is 0 Å². The molecule has 1 fully saturated rings. The lowest BCUT2D eigenvalue weighted by Crippen LogP contribution is -2.39. The molecule has 0 aromatic carbocycles. The highest BCUT2D eigenvalue weighted by molar-refractivity contribution is 5.33. The highest BCUT2D eigenvalue weighted by Crippen LogP contribution is 2.16. The van der Waals surface area contributed by atoms with E-state index in [1.54, 1.807) is 24.9 Å². The zero-order chi connectivity index (χ0) is 14.5. The van der Waals surface area contributed by atoms with Crippen LogP contribution < -0.4 is 5.32 Å². The van der Waals surface area contributed by atoms with Gasteiger partial charge in [-0.2, -0.15) is 0 Å². The van der Waals surface area contributed by atoms with Gasteiger partial charge in [0.05, 0.1) is 11.4 Å². The van der Waals surface area contributed by atoms with Gasteiger partial charge in [-0.3, -0.25) is 14.9 Å². The minimum atomic E-state index is 0.485. The molecule has 21 heavy (non-hydrogen) atoms. The molecule has 0 bridgehead atoms. The first-order chi connectivity index (χ1) is 10.3. The van der Waals surface area contributed by atoms with Crippen LogP contribution in [0.2, 0.25) is 0 Å². The second kappa shape index (κ2) is 6.58. The molecule has 0 atom stereocenters. The molecule has 6 nitrogen and oxygen atoms in total. The molecule has 3 rings (SSSR count). The fourth-order valence-corrected chi connectivity index (χ4v) is 2.62. The Morgan fingerprint density at radius 3 is 2.67 bits per heavy atom. The molecule has 0 saturated carbocycles. The van der Waals surface area contributed by atoms with E-state index in [1.807, 2.05) is 13.0 Å². The van der Waals surface area contributed by atoms with Gasteiger partial charge in [-0.25, -0.2) is 9.97 Å². The molecule has 0 spiro atoms. The van der Waals surface area contributed by atoms with E-state index in [1.165, 1.54) is 0 Å². The Hall–Kier alpha value is -2.08. The highest BCUT2D eigenvalue weighted by Gasteiger charge is 2.20. The summed E-state index contributed by atoms with van der Waals surface area (Å²) in [6, 6.07) is 2.40. The number of piperidine rings is 1. The zero-order valence-electron chi connectivity index (χ0n) is 12.2. The average Bonchev–Trinajstić information content (AvgIpc) is 2.52. The first-order valence-corrected chi connectivity index (χ1v) is 7.32. The van der Waals surface area contributed by atoms with Crippen molar-refractivity contribution in [1.29, 1.82) is 0 Å². The fourth-order valence-electron chi connectivity index (χ4n) is 2.62. The van der Waals surface area contributed by atoms with Crippen LogP contribution in [0, 0.1) is 6.92 Å². The monoisotopic (exact) mass is 284 g/mol. The molecule has 110 valence electrons. The molecular weight excluding hydrogens is 264 g/mol. The Bertz CT molecular complexity index is 565. The van der Waals surface area contributed by atoms with E-state index in [2.05, 4.69) is 30.2 Å². The van der Waals surface area contributed by atoms with E-state index >= 15 is 0 Å². The number of aryl methyl sites for hydroxylation is 1. The zero-order valence-corrected chi connectivity index (χ0v) is 12.2. The van der Waals surface area contributed by atoms with Crippen molar-refractivity contribution in [3.63, 3.8) is 0 Å². The quantitative estimate of drug-likeness (QED) is 0.921. The fraction of sp³-hybridized carbons (Fsp3) is 0.467. The van der Waals surface area contributed by atoms with Crippen LogP contribution in [-0.2, 0) is 6.54 Å². The molecule has 0 radical (unpaired) electrons. The van der Waals surface area contributed by atoms with Gasteiger partial charge in [-0.1, -0.05) is 0 Å². The Labute approximate surface area is 124 Å². The molecule has 0 aliphatic carbocycles. The molecule has 1 N–H and O–H groups in total. The average molecular weight is 284 g/mol. The van der Waals surface area contributed by atoms with Crippen LogP contribution in [0.5, 0.6) is 0 Å². The summed E-state index contributed by atoms with van der Waals surface area (Å²) in [6.07, 6.45) is 9.09. The second-order valence-electron chi connectivity index (χ2n) is 5.38. The number of hydrogen-bond acceptors (Lipinski definition) is 6. The predicted molar refractivity (Wildman–Crippen MR) is 80.7 cm³/mol. The molecule has 3 heterocycles. The molecule has 0 unspecified atom stereocenters. The molecule has 0 amide bonds. The third-order valence-electron chi connectivity index (χ3n) is 3.88. The van der Waals surface area contributed by atoms with E-state index in [9.17, 15) is 0 Å². The maximum Gasteiger partial charge on any atom is 0.129 e. The SMILES string of the molecule is Cc1nccnc1CN1CCC(Nc2ccncn2)CC1. The number of anilines is 1. The van der Waals surface area contributed by atoms with Gasteiger partial charge in [0.2, 0.25) is 0 Å². The van der Waals surface area contributed by atoms with Gasteiger partial charge in [0.1, 0.15) is 12.1 Å². The van der Waals surface area contributed by atoms with Gasteiger partial charge in [-0.05, 0) is 25.8 Å². The summed E-state index contributed by atoms with van der Waals surface area (Å²) in [7, 11) is 0. The van der Waals surface area contributed by atoms with Crippen LogP contribution in [-0.4, -0.2) is 44.0 Å². The molecule has 1 aliphatic heterocycles. The van der Waals surface area contributed by atoms with Crippen molar-refractivity contribution >= 4 is 5.82 Å². The number of nitrogens with one attached hydrogen (secondary N) is 1. The van der Waals surface area contributed by atoms with Crippen LogP contribution in [0.1, 0.15) is 24.2 Å². The number of hydrogen-bond donors (Lipinski definition) is 1. The lowest BCUT2D eigenvalue weighted by atomic mass is 10.0. The minimum Gasteiger partial charge on any atom is -0.367 e. The third kappa shape index (κ3) is 3.72. The summed E-state index contributed by atoms with van der Waals surface area (Å²) in [5.74, 6) is 0.910. The first kappa shape index (κ1) is 13.9. The van der Waals surface area contributed by atoms with Gasteiger partial charge < -0.3 is 5.32 Å². The lowest BCUT2D eigenvalue weighted by Gasteiger charge is -2.32. The summed E-state index contributed by atoms with van der Waals surface area (Å²) >= 11 is 0. The molecule has 1 aliphatic rings. The van der Waals surface area contributed by atoms with Gasteiger partial charge in [-0.15, -0.1) is 0 Å². The van der Waals surface area contributed by atoms with E-state index in [-0.39, 0.29) is 0 Å². The Kier molecular flexibility index (Phi) is 4.35. The van der Waals surface area contributed by atoms with Crippen molar-refractivity contribution in [2.24, 2.45) is 0 Å². The van der Waals surface area contributed by atoms with Crippen LogP contribution >= 0.6 is 0 Å². The van der Waals surface area contributed by atoms with Crippen LogP contribution in [0.4, 0.5) is 5.82 Å². The van der Waals surface area contributed by atoms with Gasteiger partial charge >= 0.3 is 0 Å².